The van der Waals surface area contributed by atoms with Gasteiger partial charge in [0.25, 0.3) is 0 Å². The maximum Gasteiger partial charge on any atom is 0.238 e. The lowest BCUT2D eigenvalue weighted by Gasteiger charge is -2.17. The summed E-state index contributed by atoms with van der Waals surface area (Å²) in [6.45, 7) is 0. The molecule has 1 N–H and O–H groups in total. The predicted octanol–water partition coefficient (Wildman–Crippen LogP) is 5.84. The molecular formula is C27H19ClN4O3. The van der Waals surface area contributed by atoms with Crippen LogP contribution in [0.5, 0.6) is 11.5 Å². The van der Waals surface area contributed by atoms with E-state index in [1.54, 1.807) is 18.3 Å². The fourth-order valence-electron chi connectivity index (χ4n) is 4.33. The first-order chi connectivity index (χ1) is 17.1. The van der Waals surface area contributed by atoms with Crippen LogP contribution in [0.15, 0.2) is 90.6 Å². The predicted molar refractivity (Wildman–Crippen MR) is 135 cm³/mol. The zero-order valence-corrected chi connectivity index (χ0v) is 19.4. The first kappa shape index (κ1) is 21.2. The molecule has 1 aromatic heterocycles. The van der Waals surface area contributed by atoms with Crippen molar-refractivity contribution in [1.82, 2.24) is 9.55 Å². The molecule has 0 saturated heterocycles. The van der Waals surface area contributed by atoms with E-state index < -0.39 is 5.92 Å². The summed E-state index contributed by atoms with van der Waals surface area (Å²) in [5, 5.41) is 3.49. The minimum atomic E-state index is -0.616. The second-order valence-corrected chi connectivity index (χ2v) is 8.67. The summed E-state index contributed by atoms with van der Waals surface area (Å²) in [7, 11) is 1.95. The number of carbonyl (C=O) groups is 1. The Morgan fingerprint density at radius 1 is 1.03 bits per heavy atom. The van der Waals surface area contributed by atoms with Crippen LogP contribution in [0.2, 0.25) is 5.02 Å². The molecule has 0 spiro atoms. The summed E-state index contributed by atoms with van der Waals surface area (Å²) < 4.78 is 13.1. The molecule has 7 nitrogen and oxygen atoms in total. The molecule has 0 aliphatic carbocycles. The molecule has 6 rings (SSSR count). The number of halogens is 1. The molecule has 1 amide bonds. The smallest absolute Gasteiger partial charge is 0.238 e. The van der Waals surface area contributed by atoms with Crippen molar-refractivity contribution in [3.63, 3.8) is 0 Å². The van der Waals surface area contributed by atoms with Crippen molar-refractivity contribution in [2.45, 2.75) is 5.92 Å². The molecule has 2 aliphatic rings. The van der Waals surface area contributed by atoms with E-state index in [1.165, 1.54) is 12.5 Å². The van der Waals surface area contributed by atoms with E-state index in [1.807, 2.05) is 66.3 Å². The van der Waals surface area contributed by atoms with Gasteiger partial charge < -0.3 is 19.4 Å². The number of nitrogens with zero attached hydrogens (tertiary/aromatic N) is 3. The van der Waals surface area contributed by atoms with Gasteiger partial charge in [-0.2, -0.15) is 0 Å². The first-order valence-corrected chi connectivity index (χ1v) is 11.3. The van der Waals surface area contributed by atoms with Crippen LogP contribution in [0.25, 0.3) is 11.4 Å². The van der Waals surface area contributed by atoms with E-state index in [2.05, 4.69) is 10.3 Å². The van der Waals surface area contributed by atoms with E-state index in [9.17, 15) is 4.79 Å². The van der Waals surface area contributed by atoms with Gasteiger partial charge in [-0.25, -0.2) is 4.98 Å². The summed E-state index contributed by atoms with van der Waals surface area (Å²) in [5.74, 6) is 1.23. The van der Waals surface area contributed by atoms with Gasteiger partial charge in [0.1, 0.15) is 24.3 Å². The van der Waals surface area contributed by atoms with Crippen molar-refractivity contribution < 1.29 is 14.3 Å². The number of aromatic nitrogens is 2. The third-order valence-corrected chi connectivity index (χ3v) is 6.24. The second kappa shape index (κ2) is 8.45. The average Bonchev–Trinajstić information content (AvgIpc) is 3.44. The Kier molecular flexibility index (Phi) is 5.12. The number of hydrogen-bond donors (Lipinski definition) is 1. The number of aliphatic imine (C=N–C) groups is 1. The van der Waals surface area contributed by atoms with Crippen LogP contribution in [-0.2, 0) is 11.8 Å². The normalized spacial score (nSPS) is 16.2. The molecule has 1 atom stereocenters. The van der Waals surface area contributed by atoms with Crippen molar-refractivity contribution in [2.24, 2.45) is 12.0 Å². The number of hydrogen-bond acceptors (Lipinski definition) is 5. The Labute approximate surface area is 206 Å². The summed E-state index contributed by atoms with van der Waals surface area (Å²) in [4.78, 5) is 22.5. The van der Waals surface area contributed by atoms with Gasteiger partial charge >= 0.3 is 0 Å². The van der Waals surface area contributed by atoms with E-state index in [4.69, 9.17) is 26.1 Å². The highest BCUT2D eigenvalue weighted by molar-refractivity contribution is 6.31. The fraction of sp³-hybridized carbons (Fsp3) is 0.0741. The van der Waals surface area contributed by atoms with E-state index in [0.717, 1.165) is 22.5 Å². The van der Waals surface area contributed by atoms with Crippen LogP contribution >= 0.6 is 11.6 Å². The van der Waals surface area contributed by atoms with Gasteiger partial charge in [-0.1, -0.05) is 17.7 Å². The van der Waals surface area contributed by atoms with Crippen molar-refractivity contribution in [1.29, 1.82) is 0 Å². The maximum atomic E-state index is 13.2. The number of fused-ring (bicyclic) bond motifs is 2. The van der Waals surface area contributed by atoms with Gasteiger partial charge in [-0.15, -0.1) is 0 Å². The highest BCUT2D eigenvalue weighted by Crippen LogP contribution is 2.40. The van der Waals surface area contributed by atoms with Crippen molar-refractivity contribution >= 4 is 34.6 Å². The summed E-state index contributed by atoms with van der Waals surface area (Å²) in [6.07, 6.45) is 6.61. The minimum absolute atomic E-state index is 0.166. The van der Waals surface area contributed by atoms with Crippen LogP contribution in [0.4, 0.5) is 11.4 Å². The Hall–Kier alpha value is -4.36. The molecule has 0 radical (unpaired) electrons. The Bertz CT molecular complexity index is 1520. The number of amides is 1. The minimum Gasteiger partial charge on any atom is -0.458 e. The van der Waals surface area contributed by atoms with Gasteiger partial charge in [0.2, 0.25) is 5.91 Å². The third-order valence-electron chi connectivity index (χ3n) is 6.00. The first-order valence-electron chi connectivity index (χ1n) is 11.0. The summed E-state index contributed by atoms with van der Waals surface area (Å²) in [6, 6.07) is 18.7. The molecule has 0 fully saturated rings. The van der Waals surface area contributed by atoms with Crippen LogP contribution < -0.4 is 14.8 Å². The summed E-state index contributed by atoms with van der Waals surface area (Å²) >= 11 is 6.17. The zero-order chi connectivity index (χ0) is 23.9. The van der Waals surface area contributed by atoms with Crippen molar-refractivity contribution in [2.75, 3.05) is 5.32 Å². The third kappa shape index (κ3) is 3.86. The van der Waals surface area contributed by atoms with Gasteiger partial charge in [0, 0.05) is 41.3 Å². The Balaban J connectivity index is 1.46. The van der Waals surface area contributed by atoms with Crippen LogP contribution in [0.3, 0.4) is 0 Å². The number of ether oxygens (including phenoxy) is 2. The number of anilines is 1. The molecule has 4 aromatic rings. The van der Waals surface area contributed by atoms with Crippen LogP contribution in [0.1, 0.15) is 17.0 Å². The topological polar surface area (TPSA) is 77.7 Å². The van der Waals surface area contributed by atoms with E-state index >= 15 is 0 Å². The fourth-order valence-corrected chi connectivity index (χ4v) is 4.50. The average molecular weight is 483 g/mol. The lowest BCUT2D eigenvalue weighted by atomic mass is 9.90. The number of nitrogens with one attached hydrogen (secondary N) is 1. The lowest BCUT2D eigenvalue weighted by molar-refractivity contribution is -0.115. The molecular weight excluding hydrogens is 464 g/mol. The molecule has 172 valence electrons. The molecule has 1 unspecified atom stereocenters. The Morgan fingerprint density at radius 2 is 1.83 bits per heavy atom. The molecule has 3 aromatic carbocycles. The number of carbonyl (C=O) groups excluding carboxylic acids is 1. The van der Waals surface area contributed by atoms with Gasteiger partial charge in [-0.05, 0) is 60.2 Å². The Morgan fingerprint density at radius 3 is 2.60 bits per heavy atom. The van der Waals surface area contributed by atoms with Crippen molar-refractivity contribution in [3.8, 4) is 22.9 Å². The van der Waals surface area contributed by atoms with E-state index in [-0.39, 0.29) is 5.91 Å². The number of rotatable bonds is 4. The molecule has 3 heterocycles. The van der Waals surface area contributed by atoms with Gasteiger partial charge in [-0.3, -0.25) is 9.79 Å². The number of aryl methyl sites for hydroxylation is 1. The molecule has 2 aliphatic heterocycles. The maximum absolute atomic E-state index is 13.2. The van der Waals surface area contributed by atoms with Crippen LogP contribution in [-0.4, -0.2) is 21.2 Å². The zero-order valence-electron chi connectivity index (χ0n) is 18.6. The second-order valence-electron chi connectivity index (χ2n) is 8.23. The SMILES string of the molecule is Cn1ccnc1-c1ccc(N=C(c2ccc3c(c2)OC=CO3)C2C(=O)Nc3cc(Cl)ccc32)cc1. The van der Waals surface area contributed by atoms with Crippen LogP contribution in [0, 0.1) is 0 Å². The highest BCUT2D eigenvalue weighted by Gasteiger charge is 2.36. The monoisotopic (exact) mass is 482 g/mol. The highest BCUT2D eigenvalue weighted by atomic mass is 35.5. The lowest BCUT2D eigenvalue weighted by Crippen LogP contribution is -2.22. The molecule has 35 heavy (non-hydrogen) atoms. The standard InChI is InChI=1S/C27H19ClN4O3/c1-32-11-10-29-26(32)16-2-6-19(7-3-16)30-25(17-4-9-22-23(14-17)35-13-12-34-22)24-20-8-5-18(28)15-21(20)31-27(24)33/h2-15,24H,1H3,(H,31,33). The van der Waals surface area contributed by atoms with Crippen molar-refractivity contribution in [3.05, 3.63) is 102 Å². The molecule has 0 bridgehead atoms. The van der Waals surface area contributed by atoms with Gasteiger partial charge in [0.15, 0.2) is 11.5 Å². The largest absolute Gasteiger partial charge is 0.458 e. The molecule has 0 saturated carbocycles. The van der Waals surface area contributed by atoms with Gasteiger partial charge in [0.05, 0.1) is 11.4 Å². The number of imidazole rings is 1. The number of benzene rings is 3. The quantitative estimate of drug-likeness (QED) is 0.371. The summed E-state index contributed by atoms with van der Waals surface area (Å²) in [5.41, 5.74) is 4.53. The van der Waals surface area contributed by atoms with E-state index in [0.29, 0.717) is 33.6 Å². The molecule has 8 heteroatoms.